The number of rotatable bonds is 8. The maximum Gasteiger partial charge on any atom is 0.330 e. The summed E-state index contributed by atoms with van der Waals surface area (Å²) in [7, 11) is 1.83. The van der Waals surface area contributed by atoms with E-state index in [0.29, 0.717) is 18.3 Å². The van der Waals surface area contributed by atoms with Gasteiger partial charge in [0.15, 0.2) is 16.6 Å². The highest BCUT2D eigenvalue weighted by molar-refractivity contribution is 8.51. The largest absolute Gasteiger partial charge is 0.466 e. The molecule has 0 atom stereocenters. The van der Waals surface area contributed by atoms with E-state index >= 15 is 0 Å². The first-order valence-electron chi connectivity index (χ1n) is 11.2. The van der Waals surface area contributed by atoms with Crippen LogP contribution in [-0.4, -0.2) is 56.0 Å². The minimum atomic E-state index is -1.69. The quantitative estimate of drug-likeness (QED) is 0.116. The van der Waals surface area contributed by atoms with Gasteiger partial charge in [0.2, 0.25) is 0 Å². The van der Waals surface area contributed by atoms with Gasteiger partial charge in [-0.3, -0.25) is 0 Å². The molecule has 0 rings (SSSR count). The van der Waals surface area contributed by atoms with Crippen molar-refractivity contribution in [2.45, 2.75) is 92.7 Å². The molecule has 0 saturated heterocycles. The summed E-state index contributed by atoms with van der Waals surface area (Å²) in [6.07, 6.45) is 6.03. The third kappa shape index (κ3) is 29.9. The van der Waals surface area contributed by atoms with E-state index in [0.717, 1.165) is 6.08 Å². The predicted octanol–water partition coefficient (Wildman–Crippen LogP) is 7.54. The van der Waals surface area contributed by atoms with Crippen molar-refractivity contribution in [3.8, 4) is 0 Å². The van der Waals surface area contributed by atoms with Gasteiger partial charge in [-0.2, -0.15) is 0 Å². The summed E-state index contributed by atoms with van der Waals surface area (Å²) in [4.78, 5) is 20.6. The van der Waals surface area contributed by atoms with Crippen molar-refractivity contribution in [2.24, 2.45) is 0 Å². The van der Waals surface area contributed by atoms with Gasteiger partial charge in [-0.15, -0.1) is 6.58 Å². The van der Waals surface area contributed by atoms with Crippen LogP contribution in [0.3, 0.4) is 0 Å². The lowest BCUT2D eigenvalue weighted by atomic mass is 10.2. The smallest absolute Gasteiger partial charge is 0.330 e. The summed E-state index contributed by atoms with van der Waals surface area (Å²) in [5.41, 5.74) is 0. The fraction of sp³-hybridized carbons (Fsp3) is 0.692. The average molecular weight is 649 g/mol. The Kier molecular flexibility index (Phi) is 35.2. The van der Waals surface area contributed by atoms with Gasteiger partial charge in [-0.25, -0.2) is 9.59 Å². The van der Waals surface area contributed by atoms with Gasteiger partial charge >= 0.3 is 11.9 Å². The zero-order valence-electron chi connectivity index (χ0n) is 24.2. The van der Waals surface area contributed by atoms with Crippen molar-refractivity contribution in [3.05, 3.63) is 37.5 Å². The first kappa shape index (κ1) is 50.3. The molecular weight excluding hydrogens is 593 g/mol. The second-order valence-corrected chi connectivity index (χ2v) is 23.4. The van der Waals surface area contributed by atoms with Crippen LogP contribution >= 0.6 is 0 Å². The van der Waals surface area contributed by atoms with Crippen molar-refractivity contribution in [1.29, 1.82) is 0 Å². The molecule has 0 bridgehead atoms. The van der Waals surface area contributed by atoms with Crippen LogP contribution in [0.25, 0.3) is 0 Å². The fourth-order valence-corrected chi connectivity index (χ4v) is 3.17. The molecule has 0 N–H and O–H groups in total. The third-order valence-electron chi connectivity index (χ3n) is 5.57. The maximum absolute atomic E-state index is 10.8. The molecule has 0 aromatic carbocycles. The molecule has 38 heavy (non-hydrogen) atoms. The topological polar surface area (TPSA) is 71.1 Å². The van der Waals surface area contributed by atoms with E-state index in [1.165, 1.54) is 38.1 Å². The van der Waals surface area contributed by atoms with Crippen LogP contribution in [0.1, 0.15) is 56.4 Å². The lowest BCUT2D eigenvalue weighted by Crippen LogP contribution is -2.40. The minimum Gasteiger partial charge on any atom is -0.466 e. The Balaban J connectivity index is -0.0000000979. The van der Waals surface area contributed by atoms with Gasteiger partial charge < -0.3 is 18.3 Å². The minimum absolute atomic E-state index is 0. The molecule has 0 unspecified atom stereocenters. The summed E-state index contributed by atoms with van der Waals surface area (Å²) < 4.78 is 20.2. The lowest BCUT2D eigenvalue weighted by Gasteiger charge is -2.35. The predicted molar refractivity (Wildman–Crippen MR) is 183 cm³/mol. The molecule has 0 amide bonds. The lowest BCUT2D eigenvalue weighted by molar-refractivity contribution is -0.135. The highest BCUT2D eigenvalue weighted by Gasteiger charge is 2.37. The van der Waals surface area contributed by atoms with Crippen LogP contribution in [0.4, 0.5) is 0 Å². The van der Waals surface area contributed by atoms with Crippen LogP contribution in [0, 0.1) is 0 Å². The van der Waals surface area contributed by atoms with Gasteiger partial charge in [0.05, 0.1) is 27.4 Å². The molecule has 0 fully saturated rings. The second kappa shape index (κ2) is 26.6. The summed E-state index contributed by atoms with van der Waals surface area (Å²) in [5, 5.41) is 0.516. The molecule has 6 nitrogen and oxygen atoms in total. The zero-order valence-corrected chi connectivity index (χ0v) is 29.5. The molecule has 0 heterocycles. The van der Waals surface area contributed by atoms with Gasteiger partial charge in [0.1, 0.15) is 0 Å². The van der Waals surface area contributed by atoms with Crippen molar-refractivity contribution < 1.29 is 27.9 Å². The normalized spacial score (nSPS) is 10.6. The van der Waals surface area contributed by atoms with Crippen molar-refractivity contribution in [3.63, 3.8) is 0 Å². The Labute approximate surface area is 253 Å². The maximum atomic E-state index is 10.8. The number of esters is 2. The Hall–Kier alpha value is -0.606. The van der Waals surface area contributed by atoms with E-state index in [9.17, 15) is 9.59 Å². The number of hydrogen-bond donors (Lipinski definition) is 0. The van der Waals surface area contributed by atoms with Crippen molar-refractivity contribution in [2.75, 3.05) is 27.4 Å². The van der Waals surface area contributed by atoms with Crippen LogP contribution in [0.2, 0.25) is 36.3 Å². The number of carbonyl (C=O) groups is 2. The molecule has 0 saturated carbocycles. The van der Waals surface area contributed by atoms with E-state index in [-0.39, 0.29) is 25.9 Å². The fourth-order valence-electron chi connectivity index (χ4n) is 1.25. The molecule has 0 aliphatic rings. The Morgan fingerprint density at radius 2 is 1.11 bits per heavy atom. The van der Waals surface area contributed by atoms with Crippen molar-refractivity contribution >= 4 is 68.7 Å². The van der Waals surface area contributed by atoms with Crippen LogP contribution < -0.4 is 0 Å². The molecule has 0 aromatic heterocycles. The first-order valence-corrected chi connectivity index (χ1v) is 21.0. The summed E-state index contributed by atoms with van der Waals surface area (Å²) in [6.45, 7) is 30.1. The Morgan fingerprint density at radius 3 is 1.32 bits per heavy atom. The average Bonchev–Trinajstić information content (AvgIpc) is 2.79. The van der Waals surface area contributed by atoms with E-state index in [1.807, 2.05) is 6.08 Å². The SMILES string of the molecule is C.C.C=CC(=O)OC.C=CCO[Si](C)(C)C(C)(C)C.COC(=O)C=CCO[Si](C)(C)C(C)(C)C.S=S=S=S. The van der Waals surface area contributed by atoms with Gasteiger partial charge in [0.25, 0.3) is 0 Å². The van der Waals surface area contributed by atoms with E-state index < -0.39 is 22.6 Å². The van der Waals surface area contributed by atoms with E-state index in [4.69, 9.17) is 8.85 Å². The van der Waals surface area contributed by atoms with Gasteiger partial charge in [-0.1, -0.05) is 75.1 Å². The molecule has 0 radical (unpaired) electrons. The Bertz CT molecular complexity index is 751. The highest BCUT2D eigenvalue weighted by Crippen LogP contribution is 2.37. The summed E-state index contributed by atoms with van der Waals surface area (Å²) >= 11 is 8.66. The zero-order chi connectivity index (χ0) is 29.6. The van der Waals surface area contributed by atoms with Crippen molar-refractivity contribution in [1.82, 2.24) is 0 Å². The van der Waals surface area contributed by atoms with Gasteiger partial charge in [-0.05, 0) is 36.3 Å². The summed E-state index contributed by atoms with van der Waals surface area (Å²) in [6, 6.07) is 0. The number of ether oxygens (including phenoxy) is 2. The molecule has 228 valence electrons. The first-order chi connectivity index (χ1) is 16.2. The molecule has 0 aliphatic carbocycles. The van der Waals surface area contributed by atoms with Crippen LogP contribution in [-0.2, 0) is 68.1 Å². The van der Waals surface area contributed by atoms with Gasteiger partial charge in [0, 0.05) is 52.3 Å². The Morgan fingerprint density at radius 1 is 0.763 bits per heavy atom. The third-order valence-corrected chi connectivity index (χ3v) is 16.8. The van der Waals surface area contributed by atoms with Crippen LogP contribution in [0.15, 0.2) is 37.5 Å². The van der Waals surface area contributed by atoms with E-state index in [2.05, 4.69) is 113 Å². The molecule has 0 aromatic rings. The second-order valence-electron chi connectivity index (χ2n) is 10.2. The molecular formula is C26H56O6S4Si2. The number of carbonyl (C=O) groups excluding carboxylic acids is 2. The summed E-state index contributed by atoms with van der Waals surface area (Å²) in [5.74, 6) is -0.733. The standard InChI is InChI=1S/C11H22O3Si.C9H20OSi.C4H6O2.2CH4.S4/c1-11(2,3)15(5,6)14-9-7-8-10(12)13-4;1-7-8-10-11(5,6)9(2,3)4;1-3-4(5)6-2;;;1-3-4-2/h7-8H,9H2,1-6H3;7H,1,8H2,2-6H3;3H,1H2,2H3;2*1H4;. The molecule has 12 heteroatoms. The highest BCUT2D eigenvalue weighted by atomic mass is 33.2. The van der Waals surface area contributed by atoms with Crippen LogP contribution in [0.5, 0.6) is 0 Å². The molecule has 0 spiro atoms. The number of methoxy groups -OCH3 is 2. The van der Waals surface area contributed by atoms with E-state index in [1.54, 1.807) is 6.08 Å². The number of hydrogen-bond acceptors (Lipinski definition) is 8. The molecule has 0 aliphatic heterocycles. The monoisotopic (exact) mass is 648 g/mol.